The van der Waals surface area contributed by atoms with Crippen molar-refractivity contribution in [1.29, 1.82) is 0 Å². The van der Waals surface area contributed by atoms with Crippen LogP contribution in [-0.2, 0) is 4.79 Å². The molecule has 0 aromatic heterocycles. The summed E-state index contributed by atoms with van der Waals surface area (Å²) in [6.45, 7) is 3.84. The number of ketones is 1. The van der Waals surface area contributed by atoms with Crippen LogP contribution in [0.15, 0.2) is 60.7 Å². The first-order valence-corrected chi connectivity index (χ1v) is 8.57. The molecule has 1 heterocycles. The van der Waals surface area contributed by atoms with Crippen molar-refractivity contribution >= 4 is 5.78 Å². The van der Waals surface area contributed by atoms with Gasteiger partial charge in [-0.25, -0.2) is 0 Å². The van der Waals surface area contributed by atoms with Gasteiger partial charge in [0.2, 0.25) is 0 Å². The lowest BCUT2D eigenvalue weighted by Crippen LogP contribution is -2.37. The van der Waals surface area contributed by atoms with Crippen LogP contribution in [0.5, 0.6) is 0 Å². The molecule has 0 N–H and O–H groups in total. The topological polar surface area (TPSA) is 20.3 Å². The fourth-order valence-electron chi connectivity index (χ4n) is 3.71. The summed E-state index contributed by atoms with van der Waals surface area (Å²) >= 11 is 0. The summed E-state index contributed by atoms with van der Waals surface area (Å²) < 4.78 is 0. The molecule has 0 bridgehead atoms. The molecule has 0 aliphatic carbocycles. The summed E-state index contributed by atoms with van der Waals surface area (Å²) in [7, 11) is 0. The predicted octanol–water partition coefficient (Wildman–Crippen LogP) is 4.47. The van der Waals surface area contributed by atoms with E-state index < -0.39 is 0 Å². The van der Waals surface area contributed by atoms with Crippen LogP contribution in [0, 0.1) is 5.92 Å². The summed E-state index contributed by atoms with van der Waals surface area (Å²) in [4.78, 5) is 13.9. The SMILES string of the molecule is CC(=O)CC1CCN(C(c2ccccc2)c2ccccc2)CC1. The van der Waals surface area contributed by atoms with Gasteiger partial charge >= 0.3 is 0 Å². The summed E-state index contributed by atoms with van der Waals surface area (Å²) in [5.74, 6) is 0.891. The van der Waals surface area contributed by atoms with Gasteiger partial charge in [-0.3, -0.25) is 4.90 Å². The fourth-order valence-corrected chi connectivity index (χ4v) is 3.71. The van der Waals surface area contributed by atoms with Gasteiger partial charge in [0.1, 0.15) is 5.78 Å². The number of carbonyl (C=O) groups is 1. The van der Waals surface area contributed by atoms with E-state index in [1.165, 1.54) is 11.1 Å². The maximum absolute atomic E-state index is 11.4. The van der Waals surface area contributed by atoms with E-state index in [4.69, 9.17) is 0 Å². The molecule has 2 nitrogen and oxygen atoms in total. The van der Waals surface area contributed by atoms with Gasteiger partial charge in [0.05, 0.1) is 6.04 Å². The minimum Gasteiger partial charge on any atom is -0.300 e. The third-order valence-corrected chi connectivity index (χ3v) is 4.82. The van der Waals surface area contributed by atoms with Gasteiger partial charge in [-0.1, -0.05) is 60.7 Å². The normalized spacial score (nSPS) is 16.6. The Hall–Kier alpha value is -1.93. The minimum absolute atomic E-state index is 0.315. The van der Waals surface area contributed by atoms with Crippen LogP contribution in [0.2, 0.25) is 0 Å². The summed E-state index contributed by atoms with van der Waals surface area (Å²) in [6, 6.07) is 21.8. The third-order valence-electron chi connectivity index (χ3n) is 4.82. The van der Waals surface area contributed by atoms with E-state index in [1.807, 2.05) is 0 Å². The van der Waals surface area contributed by atoms with E-state index in [9.17, 15) is 4.79 Å². The Morgan fingerprint density at radius 2 is 1.43 bits per heavy atom. The van der Waals surface area contributed by atoms with E-state index in [-0.39, 0.29) is 0 Å². The van der Waals surface area contributed by atoms with Crippen LogP contribution in [0.4, 0.5) is 0 Å². The molecule has 0 atom stereocenters. The highest BCUT2D eigenvalue weighted by molar-refractivity contribution is 5.75. The molecule has 3 rings (SSSR count). The van der Waals surface area contributed by atoms with E-state index in [0.717, 1.165) is 32.4 Å². The zero-order valence-electron chi connectivity index (χ0n) is 13.8. The minimum atomic E-state index is 0.315. The highest BCUT2D eigenvalue weighted by Gasteiger charge is 2.27. The lowest BCUT2D eigenvalue weighted by atomic mass is 9.89. The zero-order valence-corrected chi connectivity index (χ0v) is 13.8. The standard InChI is InChI=1S/C21H25NO/c1-17(23)16-18-12-14-22(15-13-18)21(19-8-4-2-5-9-19)20-10-6-3-7-11-20/h2-11,18,21H,12-16H2,1H3. The molecule has 2 aromatic carbocycles. The van der Waals surface area contributed by atoms with Crippen molar-refractivity contribution in [2.75, 3.05) is 13.1 Å². The first-order valence-electron chi connectivity index (χ1n) is 8.57. The molecule has 23 heavy (non-hydrogen) atoms. The average molecular weight is 307 g/mol. The van der Waals surface area contributed by atoms with Crippen LogP contribution < -0.4 is 0 Å². The number of nitrogens with zero attached hydrogens (tertiary/aromatic N) is 1. The van der Waals surface area contributed by atoms with E-state index in [0.29, 0.717) is 17.7 Å². The first-order chi connectivity index (χ1) is 11.2. The number of rotatable bonds is 5. The monoisotopic (exact) mass is 307 g/mol. The van der Waals surface area contributed by atoms with Crippen LogP contribution in [0.25, 0.3) is 0 Å². The second-order valence-electron chi connectivity index (χ2n) is 6.61. The summed E-state index contributed by atoms with van der Waals surface area (Å²) in [5, 5.41) is 0. The quantitative estimate of drug-likeness (QED) is 0.812. The maximum atomic E-state index is 11.4. The molecule has 0 amide bonds. The van der Waals surface area contributed by atoms with Gasteiger partial charge in [0.15, 0.2) is 0 Å². The number of piperidine rings is 1. The summed E-state index contributed by atoms with van der Waals surface area (Å²) in [5.41, 5.74) is 2.70. The van der Waals surface area contributed by atoms with Gasteiger partial charge in [-0.05, 0) is 49.9 Å². The molecule has 0 spiro atoms. The molecule has 2 heteroatoms. The van der Waals surface area contributed by atoms with Gasteiger partial charge in [0.25, 0.3) is 0 Å². The van der Waals surface area contributed by atoms with Crippen molar-refractivity contribution < 1.29 is 4.79 Å². The van der Waals surface area contributed by atoms with Crippen molar-refractivity contribution in [2.45, 2.75) is 32.2 Å². The molecule has 1 fully saturated rings. The van der Waals surface area contributed by atoms with Crippen LogP contribution in [0.1, 0.15) is 43.4 Å². The van der Waals surface area contributed by atoms with Crippen molar-refractivity contribution in [3.05, 3.63) is 71.8 Å². The molecule has 120 valence electrons. The molecule has 2 aromatic rings. The highest BCUT2D eigenvalue weighted by atomic mass is 16.1. The predicted molar refractivity (Wildman–Crippen MR) is 94.3 cm³/mol. The molecule has 0 unspecified atom stereocenters. The number of benzene rings is 2. The van der Waals surface area contributed by atoms with Crippen molar-refractivity contribution in [3.63, 3.8) is 0 Å². The highest BCUT2D eigenvalue weighted by Crippen LogP contribution is 2.33. The Kier molecular flexibility index (Phi) is 5.24. The van der Waals surface area contributed by atoms with Crippen molar-refractivity contribution in [2.24, 2.45) is 5.92 Å². The van der Waals surface area contributed by atoms with E-state index in [1.54, 1.807) is 6.92 Å². The number of hydrogen-bond acceptors (Lipinski definition) is 2. The second-order valence-corrected chi connectivity index (χ2v) is 6.61. The molecular weight excluding hydrogens is 282 g/mol. The zero-order chi connectivity index (χ0) is 16.1. The van der Waals surface area contributed by atoms with Crippen LogP contribution >= 0.6 is 0 Å². The number of Topliss-reactive ketones (excluding diaryl/α,β-unsaturated/α-hetero) is 1. The first kappa shape index (κ1) is 15.9. The Bertz CT molecular complexity index is 575. The fraction of sp³-hybridized carbons (Fsp3) is 0.381. The lowest BCUT2D eigenvalue weighted by molar-refractivity contribution is -0.118. The second kappa shape index (κ2) is 7.56. The molecule has 1 saturated heterocycles. The molecule has 1 aliphatic heterocycles. The number of likely N-dealkylation sites (tertiary alicyclic amines) is 1. The van der Waals surface area contributed by atoms with Gasteiger partial charge < -0.3 is 4.79 Å². The van der Waals surface area contributed by atoms with Gasteiger partial charge in [0, 0.05) is 6.42 Å². The van der Waals surface area contributed by atoms with Crippen LogP contribution in [0.3, 0.4) is 0 Å². The molecular formula is C21H25NO. The van der Waals surface area contributed by atoms with Gasteiger partial charge in [-0.2, -0.15) is 0 Å². The van der Waals surface area contributed by atoms with Crippen molar-refractivity contribution in [1.82, 2.24) is 4.90 Å². The molecule has 0 saturated carbocycles. The Labute approximate surface area is 139 Å². The van der Waals surface area contributed by atoms with Crippen LogP contribution in [-0.4, -0.2) is 23.8 Å². The van der Waals surface area contributed by atoms with Gasteiger partial charge in [-0.15, -0.1) is 0 Å². The summed E-state index contributed by atoms with van der Waals surface area (Å²) in [6.07, 6.45) is 2.99. The Morgan fingerprint density at radius 3 is 1.87 bits per heavy atom. The number of hydrogen-bond donors (Lipinski definition) is 0. The maximum Gasteiger partial charge on any atom is 0.130 e. The Balaban J connectivity index is 1.79. The van der Waals surface area contributed by atoms with E-state index in [2.05, 4.69) is 65.6 Å². The largest absolute Gasteiger partial charge is 0.300 e. The Morgan fingerprint density at radius 1 is 0.957 bits per heavy atom. The average Bonchev–Trinajstić information content (AvgIpc) is 2.58. The third kappa shape index (κ3) is 4.08. The van der Waals surface area contributed by atoms with E-state index >= 15 is 0 Å². The number of carbonyl (C=O) groups excluding carboxylic acids is 1. The molecule has 1 aliphatic rings. The lowest BCUT2D eigenvalue weighted by Gasteiger charge is -2.38. The smallest absolute Gasteiger partial charge is 0.130 e. The molecule has 0 radical (unpaired) electrons. The van der Waals surface area contributed by atoms with Crippen molar-refractivity contribution in [3.8, 4) is 0 Å².